The van der Waals surface area contributed by atoms with Crippen molar-refractivity contribution in [3.05, 3.63) is 83.9 Å². The highest BCUT2D eigenvalue weighted by atomic mass is 19.4. The van der Waals surface area contributed by atoms with Crippen molar-refractivity contribution in [3.8, 4) is 5.75 Å². The molecule has 9 heteroatoms. The second-order valence-corrected chi connectivity index (χ2v) is 9.70. The molecule has 1 amide bonds. The lowest BCUT2D eigenvalue weighted by Gasteiger charge is -2.23. The Morgan fingerprint density at radius 2 is 1.68 bits per heavy atom. The molecule has 0 saturated heterocycles. The molecule has 212 valence electrons. The topological polar surface area (TPSA) is 48.4 Å². The van der Waals surface area contributed by atoms with Crippen molar-refractivity contribution in [2.75, 3.05) is 51.3 Å². The number of fused-ring (bicyclic) bond motifs is 1. The maximum atomic E-state index is 13.6. The van der Waals surface area contributed by atoms with Crippen LogP contribution in [-0.2, 0) is 11.0 Å². The highest BCUT2D eigenvalue weighted by Crippen LogP contribution is 2.38. The molecule has 0 bridgehead atoms. The Hall–Kier alpha value is -3.69. The Morgan fingerprint density at radius 1 is 0.900 bits per heavy atom. The molecule has 1 aliphatic rings. The molecular weight excluding hydrogens is 517 g/mol. The fourth-order valence-corrected chi connectivity index (χ4v) is 4.53. The van der Waals surface area contributed by atoms with E-state index in [4.69, 9.17) is 4.74 Å². The van der Waals surface area contributed by atoms with E-state index in [1.807, 2.05) is 18.2 Å². The van der Waals surface area contributed by atoms with E-state index in [1.54, 1.807) is 30.3 Å². The average molecular weight is 553 g/mol. The molecule has 0 saturated carbocycles. The summed E-state index contributed by atoms with van der Waals surface area (Å²) in [6.07, 6.45) is -3.63. The quantitative estimate of drug-likeness (QED) is 0.239. The van der Waals surface area contributed by atoms with E-state index < -0.39 is 17.6 Å². The second-order valence-electron chi connectivity index (χ2n) is 9.70. The largest absolute Gasteiger partial charge is 0.493 e. The number of nitrogens with zero attached hydrogens (tertiary/aromatic N) is 4. The third-order valence-corrected chi connectivity index (χ3v) is 6.97. The fourth-order valence-electron chi connectivity index (χ4n) is 4.53. The lowest BCUT2D eigenvalue weighted by Crippen LogP contribution is -2.34. The van der Waals surface area contributed by atoms with E-state index in [0.717, 1.165) is 51.3 Å². The Kier molecular flexibility index (Phi) is 9.60. The van der Waals surface area contributed by atoms with Crippen molar-refractivity contribution in [3.63, 3.8) is 0 Å². The monoisotopic (exact) mass is 552 g/mol. The molecule has 0 spiro atoms. The molecule has 1 aliphatic heterocycles. The molecule has 3 aromatic carbocycles. The minimum atomic E-state index is -4.50. The van der Waals surface area contributed by atoms with Crippen LogP contribution in [0.3, 0.4) is 0 Å². The lowest BCUT2D eigenvalue weighted by atomic mass is 10.1. The van der Waals surface area contributed by atoms with Crippen LogP contribution in [-0.4, -0.2) is 67.8 Å². The average Bonchev–Trinajstić information content (AvgIpc) is 3.23. The van der Waals surface area contributed by atoms with Crippen molar-refractivity contribution >= 4 is 28.7 Å². The van der Waals surface area contributed by atoms with Gasteiger partial charge in [0.25, 0.3) is 5.91 Å². The van der Waals surface area contributed by atoms with E-state index in [2.05, 4.69) is 35.7 Å². The van der Waals surface area contributed by atoms with Gasteiger partial charge in [0, 0.05) is 31.3 Å². The SMILES string of the molecule is CCN(C)CCN(CC)CCCOc1cccc(N2C(=O)C(=Nc3cccc(C(F)(F)F)c3)c3ccccc32)c1. The molecule has 40 heavy (non-hydrogen) atoms. The molecule has 4 rings (SSSR count). The van der Waals surface area contributed by atoms with Crippen molar-refractivity contribution in [1.29, 1.82) is 0 Å². The van der Waals surface area contributed by atoms with Gasteiger partial charge in [-0.3, -0.25) is 9.69 Å². The minimum Gasteiger partial charge on any atom is -0.493 e. The maximum Gasteiger partial charge on any atom is 0.416 e. The van der Waals surface area contributed by atoms with Gasteiger partial charge in [-0.1, -0.05) is 44.2 Å². The molecule has 0 fully saturated rings. The van der Waals surface area contributed by atoms with Crippen LogP contribution in [0, 0.1) is 0 Å². The number of anilines is 2. The fraction of sp³-hybridized carbons (Fsp3) is 0.355. The third-order valence-electron chi connectivity index (χ3n) is 6.97. The third kappa shape index (κ3) is 7.08. The first-order valence-corrected chi connectivity index (χ1v) is 13.5. The number of halogens is 3. The van der Waals surface area contributed by atoms with Gasteiger partial charge in [-0.25, -0.2) is 4.99 Å². The Labute approximate surface area is 233 Å². The van der Waals surface area contributed by atoms with Gasteiger partial charge in [-0.05, 0) is 63.0 Å². The maximum absolute atomic E-state index is 13.6. The Bertz CT molecular complexity index is 1340. The van der Waals surface area contributed by atoms with Crippen LogP contribution in [0.1, 0.15) is 31.4 Å². The first kappa shape index (κ1) is 29.3. The van der Waals surface area contributed by atoms with Gasteiger partial charge in [0.2, 0.25) is 0 Å². The van der Waals surface area contributed by atoms with Crippen molar-refractivity contribution in [1.82, 2.24) is 9.80 Å². The van der Waals surface area contributed by atoms with Gasteiger partial charge >= 0.3 is 6.18 Å². The second kappa shape index (κ2) is 13.1. The van der Waals surface area contributed by atoms with Crippen LogP contribution in [0.4, 0.5) is 30.2 Å². The number of amides is 1. The van der Waals surface area contributed by atoms with E-state index >= 15 is 0 Å². The summed E-state index contributed by atoms with van der Waals surface area (Å²) >= 11 is 0. The summed E-state index contributed by atoms with van der Waals surface area (Å²) in [4.78, 5) is 24.2. The number of hydrogen-bond acceptors (Lipinski definition) is 5. The predicted molar refractivity (Wildman–Crippen MR) is 153 cm³/mol. The van der Waals surface area contributed by atoms with Gasteiger partial charge in [0.1, 0.15) is 11.5 Å². The van der Waals surface area contributed by atoms with Gasteiger partial charge in [0.05, 0.1) is 29.2 Å². The molecule has 0 radical (unpaired) electrons. The number of carbonyl (C=O) groups is 1. The minimum absolute atomic E-state index is 0.0642. The van der Waals surface area contributed by atoms with Crippen LogP contribution in [0.25, 0.3) is 0 Å². The molecule has 0 aromatic heterocycles. The van der Waals surface area contributed by atoms with Crippen LogP contribution >= 0.6 is 0 Å². The number of alkyl halides is 3. The van der Waals surface area contributed by atoms with Crippen molar-refractivity contribution < 1.29 is 22.7 Å². The summed E-state index contributed by atoms with van der Waals surface area (Å²) < 4.78 is 45.7. The van der Waals surface area contributed by atoms with E-state index in [0.29, 0.717) is 29.3 Å². The molecular formula is C31H35F3N4O2. The summed E-state index contributed by atoms with van der Waals surface area (Å²) in [5.74, 6) is 0.228. The first-order chi connectivity index (χ1) is 19.2. The zero-order valence-corrected chi connectivity index (χ0v) is 23.1. The lowest BCUT2D eigenvalue weighted by molar-refractivity contribution is -0.137. The summed E-state index contributed by atoms with van der Waals surface area (Å²) in [6.45, 7) is 9.82. The number of para-hydroxylation sites is 1. The normalized spacial score (nSPS) is 14.4. The van der Waals surface area contributed by atoms with Gasteiger partial charge in [0.15, 0.2) is 0 Å². The van der Waals surface area contributed by atoms with Crippen LogP contribution in [0.15, 0.2) is 77.8 Å². The van der Waals surface area contributed by atoms with Crippen LogP contribution < -0.4 is 9.64 Å². The summed E-state index contributed by atoms with van der Waals surface area (Å²) in [6, 6.07) is 19.1. The number of aliphatic imine (C=N–C) groups is 1. The molecule has 1 heterocycles. The standard InChI is InChI=1S/C31H35F3N4O2/c1-4-36(3)18-19-37(5-2)17-10-20-40-26-14-9-13-25(22-26)38-28-16-7-6-15-27(28)29(30(38)39)35-24-12-8-11-23(21-24)31(32,33)34/h6-9,11-16,21-22H,4-5,10,17-20H2,1-3H3. The smallest absolute Gasteiger partial charge is 0.416 e. The van der Waals surface area contributed by atoms with Crippen LogP contribution in [0.5, 0.6) is 5.75 Å². The highest BCUT2D eigenvalue weighted by molar-refractivity contribution is 6.56. The van der Waals surface area contributed by atoms with E-state index in [-0.39, 0.29) is 11.4 Å². The summed E-state index contributed by atoms with van der Waals surface area (Å²) in [5.41, 5.74) is 1.12. The number of benzene rings is 3. The Balaban J connectivity index is 1.48. The van der Waals surface area contributed by atoms with Gasteiger partial charge in [-0.15, -0.1) is 0 Å². The number of ether oxygens (including phenoxy) is 1. The Morgan fingerprint density at radius 3 is 2.42 bits per heavy atom. The molecule has 6 nitrogen and oxygen atoms in total. The highest BCUT2D eigenvalue weighted by Gasteiger charge is 2.35. The number of hydrogen-bond donors (Lipinski definition) is 0. The summed E-state index contributed by atoms with van der Waals surface area (Å²) in [5, 5.41) is 0. The van der Waals surface area contributed by atoms with E-state index in [9.17, 15) is 18.0 Å². The van der Waals surface area contributed by atoms with Crippen LogP contribution in [0.2, 0.25) is 0 Å². The molecule has 0 atom stereocenters. The number of carbonyl (C=O) groups excluding carboxylic acids is 1. The van der Waals surface area contributed by atoms with E-state index in [1.165, 1.54) is 17.0 Å². The zero-order chi connectivity index (χ0) is 28.7. The van der Waals surface area contributed by atoms with Gasteiger partial charge in [-0.2, -0.15) is 13.2 Å². The molecule has 3 aromatic rings. The zero-order valence-electron chi connectivity index (χ0n) is 23.1. The molecule has 0 unspecified atom stereocenters. The number of rotatable bonds is 12. The molecule has 0 N–H and O–H groups in total. The first-order valence-electron chi connectivity index (χ1n) is 13.5. The summed E-state index contributed by atoms with van der Waals surface area (Å²) in [7, 11) is 2.12. The van der Waals surface area contributed by atoms with Crippen molar-refractivity contribution in [2.45, 2.75) is 26.4 Å². The van der Waals surface area contributed by atoms with Crippen molar-refractivity contribution in [2.24, 2.45) is 4.99 Å². The predicted octanol–water partition coefficient (Wildman–Crippen LogP) is 6.55. The van der Waals surface area contributed by atoms with Gasteiger partial charge < -0.3 is 14.5 Å². The number of likely N-dealkylation sites (N-methyl/N-ethyl adjacent to an activating group) is 2. The molecule has 0 aliphatic carbocycles.